The maximum absolute atomic E-state index is 4.00. The highest BCUT2D eigenvalue weighted by Gasteiger charge is 2.44. The quantitative estimate of drug-likeness (QED) is 0.253. The lowest BCUT2D eigenvalue weighted by molar-refractivity contribution is 0.917. The van der Waals surface area contributed by atoms with Crippen LogP contribution < -0.4 is 20.7 Å². The number of rotatable bonds is 5. The van der Waals surface area contributed by atoms with Crippen molar-refractivity contribution in [2.45, 2.75) is 39.5 Å². The van der Waals surface area contributed by atoms with E-state index < -0.39 is 0 Å². The Morgan fingerprint density at radius 2 is 1.86 bits per heavy atom. The van der Waals surface area contributed by atoms with Crippen molar-refractivity contribution in [3.63, 3.8) is 0 Å². The summed E-state index contributed by atoms with van der Waals surface area (Å²) in [5.74, 6) is 6.19. The Hall–Kier alpha value is -4.16. The minimum Gasteiger partial charge on any atom is -0.315 e. The Labute approximate surface area is 222 Å². The second kappa shape index (κ2) is 10.8. The third-order valence-electron chi connectivity index (χ3n) is 7.31. The third kappa shape index (κ3) is 4.23. The summed E-state index contributed by atoms with van der Waals surface area (Å²) < 4.78 is 0. The van der Waals surface area contributed by atoms with Crippen molar-refractivity contribution in [3.05, 3.63) is 127 Å². The number of fused-ring (bicyclic) bond motifs is 2. The second-order valence-corrected chi connectivity index (χ2v) is 9.34. The minimum absolute atomic E-state index is 0.160. The van der Waals surface area contributed by atoms with Crippen LogP contribution in [0.5, 0.6) is 0 Å². The third-order valence-corrected chi connectivity index (χ3v) is 7.31. The van der Waals surface area contributed by atoms with E-state index in [4.69, 9.17) is 0 Å². The Balaban J connectivity index is 1.84. The average molecular weight is 480 g/mol. The number of anilines is 3. The zero-order valence-corrected chi connectivity index (χ0v) is 21.9. The predicted molar refractivity (Wildman–Crippen MR) is 162 cm³/mol. The Morgan fingerprint density at radius 1 is 1.05 bits per heavy atom. The van der Waals surface area contributed by atoms with E-state index in [1.807, 2.05) is 12.2 Å². The molecule has 0 spiro atoms. The Bertz CT molecular complexity index is 1450. The highest BCUT2D eigenvalue weighted by atomic mass is 15.2. The zero-order valence-electron chi connectivity index (χ0n) is 21.9. The number of benzene rings is 2. The van der Waals surface area contributed by atoms with Crippen LogP contribution in [-0.2, 0) is 0 Å². The van der Waals surface area contributed by atoms with Gasteiger partial charge < -0.3 is 9.80 Å². The molecule has 0 atom stereocenters. The number of allylic oxidation sites excluding steroid dienone is 11. The van der Waals surface area contributed by atoms with Crippen molar-refractivity contribution < 1.29 is 0 Å². The fraction of sp³-hybridized carbons (Fsp3) is 0.176. The molecule has 2 aromatic carbocycles. The van der Waals surface area contributed by atoms with Crippen molar-refractivity contribution >= 4 is 34.7 Å². The maximum Gasteiger partial charge on any atom is 0.251 e. The fourth-order valence-electron chi connectivity index (χ4n) is 5.80. The largest absolute Gasteiger partial charge is 0.315 e. The van der Waals surface area contributed by atoms with Gasteiger partial charge in [-0.3, -0.25) is 0 Å². The van der Waals surface area contributed by atoms with Gasteiger partial charge in [0.2, 0.25) is 0 Å². The highest BCUT2D eigenvalue weighted by Crippen LogP contribution is 2.43. The van der Waals surface area contributed by atoms with Crippen molar-refractivity contribution in [3.8, 4) is 11.8 Å². The average Bonchev–Trinajstić information content (AvgIpc) is 2.95. The SMILES string of the molecule is C=CC#C/C=C(\CC)N1C(=C/CC=C)/C(=C\C)B2c3ccccc3N(C3=CC=CCC3)c3cccc1c32. The number of nitrogens with zero attached hydrogens (tertiary/aromatic N) is 2. The molecule has 3 heteroatoms. The molecule has 2 aromatic rings. The van der Waals surface area contributed by atoms with Gasteiger partial charge in [0.15, 0.2) is 0 Å². The molecule has 0 amide bonds. The summed E-state index contributed by atoms with van der Waals surface area (Å²) >= 11 is 0. The molecular formula is C34H33BN2. The van der Waals surface area contributed by atoms with Crippen LogP contribution in [0, 0.1) is 11.8 Å². The molecule has 0 aromatic heterocycles. The predicted octanol–water partition coefficient (Wildman–Crippen LogP) is 7.23. The summed E-state index contributed by atoms with van der Waals surface area (Å²) in [6.07, 6.45) is 20.7. The molecule has 2 heterocycles. The molecular weight excluding hydrogens is 447 g/mol. The Kier molecular flexibility index (Phi) is 7.19. The lowest BCUT2D eigenvalue weighted by Gasteiger charge is -2.46. The molecule has 2 nitrogen and oxygen atoms in total. The first kappa shape index (κ1) is 24.5. The van der Waals surface area contributed by atoms with Gasteiger partial charge in [0.25, 0.3) is 6.71 Å². The summed E-state index contributed by atoms with van der Waals surface area (Å²) in [6, 6.07) is 15.7. The molecule has 37 heavy (non-hydrogen) atoms. The zero-order chi connectivity index (χ0) is 25.8. The van der Waals surface area contributed by atoms with Gasteiger partial charge in [-0.15, -0.1) is 6.58 Å². The standard InChI is InChI=1S/C34H33BN2/c1-5-9-12-18-26(7-3)36-30(22-10-6-2)28(8-4)35-29-21-15-16-23-31(29)37(27-19-13-11-14-20-27)33-25-17-24-32(36)34(33)35/h5-6,8,11,13,15-19,21-25H,1-2,7,10,14,20H2,3-4H3/b26-18+,28-8+,30-22+. The van der Waals surface area contributed by atoms with Gasteiger partial charge in [0.1, 0.15) is 0 Å². The van der Waals surface area contributed by atoms with E-state index >= 15 is 0 Å². The van der Waals surface area contributed by atoms with Crippen LogP contribution in [-0.4, -0.2) is 6.71 Å². The van der Waals surface area contributed by atoms with Gasteiger partial charge in [-0.2, -0.15) is 0 Å². The van der Waals surface area contributed by atoms with Crippen LogP contribution in [0.4, 0.5) is 17.1 Å². The van der Waals surface area contributed by atoms with Crippen molar-refractivity contribution in [1.29, 1.82) is 0 Å². The molecule has 0 unspecified atom stereocenters. The molecule has 5 rings (SSSR count). The molecule has 182 valence electrons. The van der Waals surface area contributed by atoms with Crippen LogP contribution >= 0.6 is 0 Å². The number of hydrogen-bond donors (Lipinski definition) is 0. The van der Waals surface area contributed by atoms with Gasteiger partial charge in [-0.05, 0) is 79.4 Å². The highest BCUT2D eigenvalue weighted by molar-refractivity contribution is 6.95. The van der Waals surface area contributed by atoms with Crippen molar-refractivity contribution in [2.75, 3.05) is 9.80 Å². The molecule has 0 bridgehead atoms. The normalized spacial score (nSPS) is 18.2. The topological polar surface area (TPSA) is 6.48 Å². The lowest BCUT2D eigenvalue weighted by Crippen LogP contribution is -2.57. The summed E-state index contributed by atoms with van der Waals surface area (Å²) in [5, 5.41) is 0. The van der Waals surface area contributed by atoms with E-state index in [0.29, 0.717) is 0 Å². The van der Waals surface area contributed by atoms with Gasteiger partial charge in [-0.1, -0.05) is 80.0 Å². The van der Waals surface area contributed by atoms with Crippen LogP contribution in [0.3, 0.4) is 0 Å². The molecule has 0 saturated heterocycles. The molecule has 0 radical (unpaired) electrons. The number of para-hydroxylation sites is 1. The van der Waals surface area contributed by atoms with Crippen LogP contribution in [0.2, 0.25) is 0 Å². The van der Waals surface area contributed by atoms with E-state index in [1.54, 1.807) is 6.08 Å². The lowest BCUT2D eigenvalue weighted by atomic mass is 9.32. The second-order valence-electron chi connectivity index (χ2n) is 9.34. The van der Waals surface area contributed by atoms with E-state index in [0.717, 1.165) is 25.7 Å². The van der Waals surface area contributed by atoms with E-state index in [9.17, 15) is 0 Å². The van der Waals surface area contributed by atoms with Crippen molar-refractivity contribution in [2.24, 2.45) is 0 Å². The van der Waals surface area contributed by atoms with Crippen LogP contribution in [0.15, 0.2) is 127 Å². The maximum atomic E-state index is 4.00. The van der Waals surface area contributed by atoms with Crippen LogP contribution in [0.1, 0.15) is 39.5 Å². The van der Waals surface area contributed by atoms with E-state index in [-0.39, 0.29) is 6.71 Å². The molecule has 0 fully saturated rings. The van der Waals surface area contributed by atoms with Gasteiger partial charge in [0, 0.05) is 40.2 Å². The first-order valence-electron chi connectivity index (χ1n) is 13.2. The van der Waals surface area contributed by atoms with E-state index in [1.165, 1.54) is 50.6 Å². The summed E-state index contributed by atoms with van der Waals surface area (Å²) in [5.41, 5.74) is 11.5. The van der Waals surface area contributed by atoms with Gasteiger partial charge >= 0.3 is 0 Å². The van der Waals surface area contributed by atoms with Crippen molar-refractivity contribution in [1.82, 2.24) is 0 Å². The first-order valence-corrected chi connectivity index (χ1v) is 13.2. The molecule has 0 saturated carbocycles. The monoisotopic (exact) mass is 480 g/mol. The number of hydrogen-bond acceptors (Lipinski definition) is 2. The van der Waals surface area contributed by atoms with Gasteiger partial charge in [0.05, 0.1) is 0 Å². The molecule has 2 aliphatic heterocycles. The van der Waals surface area contributed by atoms with Gasteiger partial charge in [-0.25, -0.2) is 0 Å². The smallest absolute Gasteiger partial charge is 0.251 e. The summed E-state index contributed by atoms with van der Waals surface area (Å²) in [6.45, 7) is 12.3. The minimum atomic E-state index is 0.160. The molecule has 3 aliphatic rings. The van der Waals surface area contributed by atoms with Crippen LogP contribution in [0.25, 0.3) is 0 Å². The molecule has 1 aliphatic carbocycles. The summed E-state index contributed by atoms with van der Waals surface area (Å²) in [4.78, 5) is 4.91. The van der Waals surface area contributed by atoms with E-state index in [2.05, 4.69) is 121 Å². The fourth-order valence-corrected chi connectivity index (χ4v) is 5.80. The Morgan fingerprint density at radius 3 is 2.59 bits per heavy atom. The molecule has 0 N–H and O–H groups in total. The first-order chi connectivity index (χ1) is 18.2. The summed E-state index contributed by atoms with van der Waals surface area (Å²) in [7, 11) is 0.